The van der Waals surface area contributed by atoms with Crippen molar-refractivity contribution in [3.05, 3.63) is 53.6 Å². The molecule has 0 saturated carbocycles. The first-order chi connectivity index (χ1) is 11.7. The van der Waals surface area contributed by atoms with Crippen LogP contribution in [0.5, 0.6) is 5.75 Å². The van der Waals surface area contributed by atoms with E-state index in [9.17, 15) is 5.11 Å². The smallest absolute Gasteiger partial charge is 0.129 e. The second-order valence-corrected chi connectivity index (χ2v) is 10.4. The van der Waals surface area contributed by atoms with Crippen molar-refractivity contribution in [1.82, 2.24) is 0 Å². The Balaban J connectivity index is 2.21. The van der Waals surface area contributed by atoms with Crippen LogP contribution < -0.4 is 5.19 Å². The molecule has 0 saturated heterocycles. The molecule has 3 heteroatoms. The summed E-state index contributed by atoms with van der Waals surface area (Å²) in [4.78, 5) is 1.69. The predicted molar refractivity (Wildman–Crippen MR) is 111 cm³/mol. The number of phenolic OH excluding ortho intramolecular Hbond substituents is 1. The standard InChI is InChI=1S/C21H30OSSi/c1-4-7-15-21(23-19-13-9-8-12-18(19)22)24-20-14-10-11-16(5-2)17(20)6-3/h8-14,21-22H,4-7,15,24H2,1-3H3. The summed E-state index contributed by atoms with van der Waals surface area (Å²) in [5, 5.41) is 11.8. The Morgan fingerprint density at radius 2 is 1.79 bits per heavy atom. The molecule has 0 bridgehead atoms. The van der Waals surface area contributed by atoms with Crippen LogP contribution in [0, 0.1) is 0 Å². The number of unbranched alkanes of at least 4 members (excludes halogenated alkanes) is 1. The average Bonchev–Trinajstić information content (AvgIpc) is 2.61. The maximum Gasteiger partial charge on any atom is 0.129 e. The molecular weight excluding hydrogens is 328 g/mol. The first-order valence-corrected chi connectivity index (χ1v) is 11.6. The van der Waals surface area contributed by atoms with E-state index < -0.39 is 9.52 Å². The second-order valence-electron chi connectivity index (χ2n) is 6.32. The Labute approximate surface area is 153 Å². The van der Waals surface area contributed by atoms with Gasteiger partial charge in [-0.1, -0.05) is 69.1 Å². The summed E-state index contributed by atoms with van der Waals surface area (Å²) in [7, 11) is -0.396. The van der Waals surface area contributed by atoms with Gasteiger partial charge in [0.15, 0.2) is 0 Å². The molecule has 1 N–H and O–H groups in total. The van der Waals surface area contributed by atoms with Gasteiger partial charge in [0.05, 0.1) is 9.52 Å². The highest BCUT2D eigenvalue weighted by atomic mass is 32.2. The van der Waals surface area contributed by atoms with Crippen LogP contribution in [0.2, 0.25) is 0 Å². The Kier molecular flexibility index (Phi) is 7.93. The van der Waals surface area contributed by atoms with Crippen molar-refractivity contribution in [2.75, 3.05) is 0 Å². The summed E-state index contributed by atoms with van der Waals surface area (Å²) in [5.41, 5.74) is 3.11. The maximum atomic E-state index is 10.1. The van der Waals surface area contributed by atoms with Crippen molar-refractivity contribution >= 4 is 26.5 Å². The van der Waals surface area contributed by atoms with Crippen LogP contribution in [0.3, 0.4) is 0 Å². The number of hydrogen-bond donors (Lipinski definition) is 1. The lowest BCUT2D eigenvalue weighted by Crippen LogP contribution is -2.29. The van der Waals surface area contributed by atoms with Crippen molar-refractivity contribution in [1.29, 1.82) is 0 Å². The molecular formula is C21H30OSSi. The largest absolute Gasteiger partial charge is 0.507 e. The number of aryl methyl sites for hydroxylation is 1. The number of thioether (sulfide) groups is 1. The van der Waals surface area contributed by atoms with E-state index in [0.717, 1.165) is 17.7 Å². The molecule has 130 valence electrons. The van der Waals surface area contributed by atoms with E-state index in [0.29, 0.717) is 10.6 Å². The topological polar surface area (TPSA) is 20.2 Å². The molecule has 1 atom stereocenters. The Morgan fingerprint density at radius 1 is 1.00 bits per heavy atom. The summed E-state index contributed by atoms with van der Waals surface area (Å²) in [5.74, 6) is 0.427. The van der Waals surface area contributed by atoms with Gasteiger partial charge in [-0.3, -0.25) is 0 Å². The zero-order valence-corrected chi connectivity index (χ0v) is 17.4. The monoisotopic (exact) mass is 358 g/mol. The van der Waals surface area contributed by atoms with Gasteiger partial charge in [0.1, 0.15) is 5.75 Å². The van der Waals surface area contributed by atoms with Gasteiger partial charge in [0, 0.05) is 9.77 Å². The number of phenols is 1. The molecule has 0 aliphatic carbocycles. The molecule has 24 heavy (non-hydrogen) atoms. The van der Waals surface area contributed by atoms with Crippen molar-refractivity contribution in [2.45, 2.75) is 62.6 Å². The normalized spacial score (nSPS) is 12.8. The van der Waals surface area contributed by atoms with Crippen molar-refractivity contribution < 1.29 is 5.11 Å². The van der Waals surface area contributed by atoms with Crippen LogP contribution in [0.4, 0.5) is 0 Å². The number of aromatic hydroxyl groups is 1. The van der Waals surface area contributed by atoms with Gasteiger partial charge in [-0.15, -0.1) is 11.8 Å². The minimum absolute atomic E-state index is 0.396. The zero-order chi connectivity index (χ0) is 17.4. The van der Waals surface area contributed by atoms with Crippen molar-refractivity contribution in [3.8, 4) is 5.75 Å². The molecule has 0 fully saturated rings. The van der Waals surface area contributed by atoms with E-state index in [2.05, 4.69) is 45.0 Å². The van der Waals surface area contributed by atoms with Gasteiger partial charge in [-0.05, 0) is 42.5 Å². The molecule has 0 heterocycles. The molecule has 0 radical (unpaired) electrons. The molecule has 2 aromatic carbocycles. The minimum Gasteiger partial charge on any atom is -0.507 e. The number of benzene rings is 2. The van der Waals surface area contributed by atoms with Gasteiger partial charge in [-0.25, -0.2) is 0 Å². The quantitative estimate of drug-likeness (QED) is 0.521. The molecule has 0 aromatic heterocycles. The van der Waals surface area contributed by atoms with Crippen LogP contribution in [-0.4, -0.2) is 19.5 Å². The highest BCUT2D eigenvalue weighted by molar-refractivity contribution is 8.01. The Morgan fingerprint density at radius 3 is 2.46 bits per heavy atom. The van der Waals surface area contributed by atoms with Crippen LogP contribution in [0.25, 0.3) is 0 Å². The Bertz CT molecular complexity index is 641. The summed E-state index contributed by atoms with van der Waals surface area (Å²) < 4.78 is 0. The number of rotatable bonds is 9. The third-order valence-electron chi connectivity index (χ3n) is 4.59. The van der Waals surface area contributed by atoms with E-state index in [1.54, 1.807) is 16.8 Å². The summed E-state index contributed by atoms with van der Waals surface area (Å²) in [6.07, 6.45) is 6.02. The second kappa shape index (κ2) is 9.95. The van der Waals surface area contributed by atoms with Gasteiger partial charge >= 0.3 is 0 Å². The number of hydrogen-bond acceptors (Lipinski definition) is 2. The first kappa shape index (κ1) is 19.1. The summed E-state index contributed by atoms with van der Waals surface area (Å²) >= 11 is 1.89. The zero-order valence-electron chi connectivity index (χ0n) is 15.2. The lowest BCUT2D eigenvalue weighted by Gasteiger charge is -2.19. The molecule has 1 unspecified atom stereocenters. The van der Waals surface area contributed by atoms with E-state index in [1.165, 1.54) is 24.8 Å². The summed E-state index contributed by atoms with van der Waals surface area (Å²) in [6, 6.07) is 14.7. The fourth-order valence-corrected chi connectivity index (χ4v) is 7.66. The SMILES string of the molecule is CCCCC([SiH2]c1cccc(CC)c1CC)Sc1ccccc1O. The fourth-order valence-electron chi connectivity index (χ4n) is 3.28. The highest BCUT2D eigenvalue weighted by Gasteiger charge is 2.16. The lowest BCUT2D eigenvalue weighted by molar-refractivity contribution is 0.462. The molecule has 0 aliphatic rings. The van der Waals surface area contributed by atoms with Gasteiger partial charge in [-0.2, -0.15) is 0 Å². The molecule has 2 rings (SSSR count). The maximum absolute atomic E-state index is 10.1. The number of para-hydroxylation sites is 1. The van der Waals surface area contributed by atoms with E-state index >= 15 is 0 Å². The van der Waals surface area contributed by atoms with Crippen LogP contribution in [0.15, 0.2) is 47.4 Å². The summed E-state index contributed by atoms with van der Waals surface area (Å²) in [6.45, 7) is 6.80. The van der Waals surface area contributed by atoms with Gasteiger partial charge in [0.2, 0.25) is 0 Å². The van der Waals surface area contributed by atoms with Crippen molar-refractivity contribution in [2.24, 2.45) is 0 Å². The van der Waals surface area contributed by atoms with E-state index in [1.807, 2.05) is 23.9 Å². The fraction of sp³-hybridized carbons (Fsp3) is 0.429. The molecule has 0 amide bonds. The molecule has 1 nitrogen and oxygen atoms in total. The molecule has 2 aromatic rings. The van der Waals surface area contributed by atoms with Crippen LogP contribution >= 0.6 is 11.8 Å². The van der Waals surface area contributed by atoms with E-state index in [4.69, 9.17) is 0 Å². The minimum atomic E-state index is -0.396. The van der Waals surface area contributed by atoms with Crippen LogP contribution in [-0.2, 0) is 12.8 Å². The third-order valence-corrected chi connectivity index (χ3v) is 8.72. The highest BCUT2D eigenvalue weighted by Crippen LogP contribution is 2.32. The van der Waals surface area contributed by atoms with Gasteiger partial charge < -0.3 is 5.11 Å². The van der Waals surface area contributed by atoms with Crippen molar-refractivity contribution in [3.63, 3.8) is 0 Å². The average molecular weight is 359 g/mol. The molecule has 0 spiro atoms. The van der Waals surface area contributed by atoms with E-state index in [-0.39, 0.29) is 0 Å². The Hall–Kier alpha value is -1.19. The predicted octanol–water partition coefficient (Wildman–Crippen LogP) is 4.62. The van der Waals surface area contributed by atoms with Crippen LogP contribution in [0.1, 0.15) is 51.2 Å². The molecule has 0 aliphatic heterocycles. The lowest BCUT2D eigenvalue weighted by atomic mass is 10.0. The van der Waals surface area contributed by atoms with Gasteiger partial charge in [0.25, 0.3) is 0 Å². The first-order valence-electron chi connectivity index (χ1n) is 9.23. The third kappa shape index (κ3) is 5.15.